The lowest BCUT2D eigenvalue weighted by atomic mass is 10.1. The number of carbonyl (C=O) groups is 1. The fourth-order valence-corrected chi connectivity index (χ4v) is 2.02. The zero-order chi connectivity index (χ0) is 15.2. The van der Waals surface area contributed by atoms with E-state index in [1.165, 1.54) is 0 Å². The Labute approximate surface area is 124 Å². The third-order valence-electron chi connectivity index (χ3n) is 3.09. The van der Waals surface area contributed by atoms with Gasteiger partial charge in [-0.1, -0.05) is 23.7 Å². The van der Waals surface area contributed by atoms with Crippen LogP contribution in [-0.4, -0.2) is 17.6 Å². The van der Waals surface area contributed by atoms with Crippen molar-refractivity contribution in [1.82, 2.24) is 10.5 Å². The van der Waals surface area contributed by atoms with Crippen LogP contribution in [0.15, 0.2) is 28.8 Å². The van der Waals surface area contributed by atoms with Gasteiger partial charge in [-0.05, 0) is 32.4 Å². The van der Waals surface area contributed by atoms with Crippen molar-refractivity contribution < 1.29 is 9.32 Å². The van der Waals surface area contributed by atoms with Crippen molar-refractivity contribution in [2.24, 2.45) is 0 Å². The van der Waals surface area contributed by atoms with Gasteiger partial charge in [-0.25, -0.2) is 0 Å². The second kappa shape index (κ2) is 6.92. The first-order valence-electron chi connectivity index (χ1n) is 7.15. The van der Waals surface area contributed by atoms with Crippen LogP contribution >= 0.6 is 0 Å². The van der Waals surface area contributed by atoms with Crippen LogP contribution in [0.5, 0.6) is 0 Å². The summed E-state index contributed by atoms with van der Waals surface area (Å²) in [6, 6.07) is 7.64. The monoisotopic (exact) mass is 287 g/mol. The summed E-state index contributed by atoms with van der Waals surface area (Å²) in [5.41, 5.74) is 3.37. The topological polar surface area (TPSA) is 67.2 Å². The third-order valence-corrected chi connectivity index (χ3v) is 3.09. The first-order chi connectivity index (χ1) is 10.1. The van der Waals surface area contributed by atoms with E-state index in [4.69, 9.17) is 4.52 Å². The van der Waals surface area contributed by atoms with E-state index in [1.807, 2.05) is 38.1 Å². The number of nitrogens with zero attached hydrogens (tertiary/aromatic N) is 1. The molecule has 0 aliphatic carbocycles. The number of hydrogen-bond acceptors (Lipinski definition) is 4. The minimum Gasteiger partial charge on any atom is -0.384 e. The molecule has 0 saturated heterocycles. The van der Waals surface area contributed by atoms with Crippen molar-refractivity contribution >= 4 is 11.6 Å². The third kappa shape index (κ3) is 4.08. The molecular weight excluding hydrogens is 266 g/mol. The van der Waals surface area contributed by atoms with Crippen LogP contribution in [0.2, 0.25) is 0 Å². The predicted octanol–water partition coefficient (Wildman–Crippen LogP) is 3.04. The first kappa shape index (κ1) is 15.1. The highest BCUT2D eigenvalue weighted by Crippen LogP contribution is 2.17. The van der Waals surface area contributed by atoms with Crippen LogP contribution in [0, 0.1) is 13.8 Å². The van der Waals surface area contributed by atoms with Gasteiger partial charge in [0.15, 0.2) is 5.76 Å². The van der Waals surface area contributed by atoms with Gasteiger partial charge in [0.25, 0.3) is 5.91 Å². The van der Waals surface area contributed by atoms with Crippen LogP contribution in [0.1, 0.15) is 40.7 Å². The van der Waals surface area contributed by atoms with E-state index in [2.05, 4.69) is 22.7 Å². The van der Waals surface area contributed by atoms with Crippen LogP contribution in [-0.2, 0) is 6.54 Å². The fraction of sp³-hybridized carbons (Fsp3) is 0.375. The average molecular weight is 287 g/mol. The van der Waals surface area contributed by atoms with E-state index in [0.717, 1.165) is 29.9 Å². The number of hydrogen-bond donors (Lipinski definition) is 2. The van der Waals surface area contributed by atoms with Crippen molar-refractivity contribution in [3.8, 4) is 0 Å². The maximum absolute atomic E-state index is 12.3. The molecule has 112 valence electrons. The Bertz CT molecular complexity index is 620. The van der Waals surface area contributed by atoms with E-state index in [0.29, 0.717) is 17.9 Å². The lowest BCUT2D eigenvalue weighted by Gasteiger charge is -2.12. The molecule has 0 unspecified atom stereocenters. The van der Waals surface area contributed by atoms with E-state index >= 15 is 0 Å². The van der Waals surface area contributed by atoms with Crippen molar-refractivity contribution in [3.05, 3.63) is 46.8 Å². The molecule has 0 aliphatic heterocycles. The molecule has 1 aromatic carbocycles. The summed E-state index contributed by atoms with van der Waals surface area (Å²) in [4.78, 5) is 12.3. The Balaban J connectivity index is 2.08. The highest BCUT2D eigenvalue weighted by Gasteiger charge is 2.12. The summed E-state index contributed by atoms with van der Waals surface area (Å²) in [7, 11) is 0. The molecule has 21 heavy (non-hydrogen) atoms. The summed E-state index contributed by atoms with van der Waals surface area (Å²) in [5, 5.41) is 9.94. The Morgan fingerprint density at radius 1 is 1.29 bits per heavy atom. The van der Waals surface area contributed by atoms with Crippen molar-refractivity contribution in [2.45, 2.75) is 33.7 Å². The second-order valence-corrected chi connectivity index (χ2v) is 5.09. The molecule has 2 aromatic rings. The molecule has 0 fully saturated rings. The molecule has 5 heteroatoms. The summed E-state index contributed by atoms with van der Waals surface area (Å²) < 4.78 is 5.09. The number of benzene rings is 1. The quantitative estimate of drug-likeness (QED) is 0.857. The zero-order valence-corrected chi connectivity index (χ0v) is 12.7. The van der Waals surface area contributed by atoms with Crippen LogP contribution in [0.25, 0.3) is 0 Å². The average Bonchev–Trinajstić information content (AvgIpc) is 2.89. The Morgan fingerprint density at radius 2 is 2.10 bits per heavy atom. The van der Waals surface area contributed by atoms with Crippen molar-refractivity contribution in [3.63, 3.8) is 0 Å². The Hall–Kier alpha value is -2.30. The minimum absolute atomic E-state index is 0.119. The van der Waals surface area contributed by atoms with Crippen LogP contribution < -0.4 is 10.6 Å². The molecule has 0 atom stereocenters. The number of rotatable bonds is 6. The zero-order valence-electron chi connectivity index (χ0n) is 12.7. The molecule has 0 spiro atoms. The van der Waals surface area contributed by atoms with Gasteiger partial charge in [-0.2, -0.15) is 0 Å². The first-order valence-corrected chi connectivity index (χ1v) is 7.15. The van der Waals surface area contributed by atoms with Gasteiger partial charge < -0.3 is 15.2 Å². The summed E-state index contributed by atoms with van der Waals surface area (Å²) >= 11 is 0. The number of carbonyl (C=O) groups excluding carboxylic acids is 1. The molecule has 0 radical (unpaired) electrons. The molecule has 1 amide bonds. The maximum Gasteiger partial charge on any atom is 0.253 e. The lowest BCUT2D eigenvalue weighted by molar-refractivity contribution is 0.0948. The predicted molar refractivity (Wildman–Crippen MR) is 82.4 cm³/mol. The Kier molecular flexibility index (Phi) is 4.98. The Morgan fingerprint density at radius 3 is 2.76 bits per heavy atom. The lowest BCUT2D eigenvalue weighted by Crippen LogP contribution is -2.24. The van der Waals surface area contributed by atoms with Gasteiger partial charge in [0.1, 0.15) is 0 Å². The smallest absolute Gasteiger partial charge is 0.253 e. The number of aryl methyl sites for hydroxylation is 2. The molecule has 0 bridgehead atoms. The van der Waals surface area contributed by atoms with Crippen LogP contribution in [0.4, 0.5) is 5.69 Å². The fourth-order valence-electron chi connectivity index (χ4n) is 2.02. The summed E-state index contributed by atoms with van der Waals surface area (Å²) in [6.45, 7) is 7.08. The molecule has 0 saturated carbocycles. The number of nitrogens with one attached hydrogen (secondary N) is 2. The standard InChI is InChI=1S/C16H21N3O2/c1-4-7-17-15-6-5-11(2)8-14(15)16(20)18-10-13-9-12(3)19-21-13/h5-6,8-9,17H,4,7,10H2,1-3H3,(H,18,20). The van der Waals surface area contributed by atoms with Gasteiger partial charge in [-0.3, -0.25) is 4.79 Å². The highest BCUT2D eigenvalue weighted by molar-refractivity contribution is 5.99. The molecular formula is C16H21N3O2. The minimum atomic E-state index is -0.119. The molecule has 1 heterocycles. The van der Waals surface area contributed by atoms with Crippen LogP contribution in [0.3, 0.4) is 0 Å². The highest BCUT2D eigenvalue weighted by atomic mass is 16.5. The maximum atomic E-state index is 12.3. The number of aromatic nitrogens is 1. The van der Waals surface area contributed by atoms with E-state index in [-0.39, 0.29) is 5.91 Å². The van der Waals surface area contributed by atoms with Gasteiger partial charge in [0.2, 0.25) is 0 Å². The molecule has 0 aliphatic rings. The normalized spacial score (nSPS) is 10.4. The summed E-state index contributed by atoms with van der Waals surface area (Å²) in [6.07, 6.45) is 1.01. The summed E-state index contributed by atoms with van der Waals surface area (Å²) in [5.74, 6) is 0.530. The van der Waals surface area contributed by atoms with E-state index in [9.17, 15) is 4.79 Å². The molecule has 5 nitrogen and oxygen atoms in total. The number of anilines is 1. The van der Waals surface area contributed by atoms with Gasteiger partial charge >= 0.3 is 0 Å². The molecule has 1 aromatic heterocycles. The van der Waals surface area contributed by atoms with Gasteiger partial charge in [0, 0.05) is 18.3 Å². The number of amides is 1. The van der Waals surface area contributed by atoms with E-state index in [1.54, 1.807) is 0 Å². The van der Waals surface area contributed by atoms with E-state index < -0.39 is 0 Å². The SMILES string of the molecule is CCCNc1ccc(C)cc1C(=O)NCc1cc(C)no1. The van der Waals surface area contributed by atoms with Gasteiger partial charge in [0.05, 0.1) is 17.8 Å². The molecule has 2 N–H and O–H groups in total. The molecule has 2 rings (SSSR count). The van der Waals surface area contributed by atoms with Gasteiger partial charge in [-0.15, -0.1) is 0 Å². The second-order valence-electron chi connectivity index (χ2n) is 5.09. The largest absolute Gasteiger partial charge is 0.384 e. The van der Waals surface area contributed by atoms with Crippen molar-refractivity contribution in [2.75, 3.05) is 11.9 Å². The van der Waals surface area contributed by atoms with Crippen molar-refractivity contribution in [1.29, 1.82) is 0 Å².